The van der Waals surface area contributed by atoms with E-state index in [9.17, 15) is 17.8 Å². The van der Waals surface area contributed by atoms with Crippen molar-refractivity contribution in [3.8, 4) is 22.6 Å². The van der Waals surface area contributed by atoms with Crippen molar-refractivity contribution in [1.82, 2.24) is 9.55 Å². The first kappa shape index (κ1) is 22.7. The zero-order valence-electron chi connectivity index (χ0n) is 18.6. The number of hydrogen-bond donors (Lipinski definition) is 1. The van der Waals surface area contributed by atoms with Crippen LogP contribution >= 0.6 is 0 Å². The van der Waals surface area contributed by atoms with E-state index in [4.69, 9.17) is 4.74 Å². The highest BCUT2D eigenvalue weighted by molar-refractivity contribution is 7.86. The number of nitrogens with one attached hydrogen (secondary N) is 1. The number of aryl methyl sites for hydroxylation is 2. The molecule has 0 aliphatic carbocycles. The van der Waals surface area contributed by atoms with Crippen LogP contribution in [0, 0.1) is 18.6 Å². The Labute approximate surface area is 192 Å². The van der Waals surface area contributed by atoms with E-state index in [2.05, 4.69) is 4.98 Å². The Hall–Kier alpha value is -3.46. The van der Waals surface area contributed by atoms with Gasteiger partial charge in [-0.15, -0.1) is 0 Å². The summed E-state index contributed by atoms with van der Waals surface area (Å²) in [5, 5.41) is 0.502. The molecule has 0 aliphatic heterocycles. The number of pyridine rings is 1. The molecule has 1 unspecified atom stereocenters. The van der Waals surface area contributed by atoms with Crippen molar-refractivity contribution in [2.75, 3.05) is 17.1 Å². The van der Waals surface area contributed by atoms with E-state index in [-0.39, 0.29) is 11.3 Å². The van der Waals surface area contributed by atoms with Gasteiger partial charge in [0, 0.05) is 54.6 Å². The van der Waals surface area contributed by atoms with Crippen molar-refractivity contribution >= 4 is 27.6 Å². The number of halogens is 2. The first-order chi connectivity index (χ1) is 15.7. The number of H-pyrrole nitrogens is 1. The molecule has 2 aromatic heterocycles. The van der Waals surface area contributed by atoms with Gasteiger partial charge in [0.15, 0.2) is 11.6 Å². The van der Waals surface area contributed by atoms with E-state index >= 15 is 0 Å². The maximum absolute atomic E-state index is 14.3. The van der Waals surface area contributed by atoms with E-state index in [0.717, 1.165) is 17.8 Å². The molecule has 0 amide bonds. The van der Waals surface area contributed by atoms with Crippen LogP contribution in [0.15, 0.2) is 53.5 Å². The van der Waals surface area contributed by atoms with Gasteiger partial charge in [-0.05, 0) is 43.3 Å². The van der Waals surface area contributed by atoms with E-state index in [0.29, 0.717) is 39.2 Å². The third-order valence-corrected chi connectivity index (χ3v) is 6.69. The second-order valence-corrected chi connectivity index (χ2v) is 9.43. The molecule has 33 heavy (non-hydrogen) atoms. The second kappa shape index (κ2) is 8.82. The summed E-state index contributed by atoms with van der Waals surface area (Å²) < 4.78 is 49.1. The zero-order valence-corrected chi connectivity index (χ0v) is 19.4. The number of benzene rings is 2. The number of aromatic nitrogens is 2. The van der Waals surface area contributed by atoms with Crippen LogP contribution in [0.2, 0.25) is 0 Å². The van der Waals surface area contributed by atoms with E-state index in [1.807, 2.05) is 13.8 Å². The van der Waals surface area contributed by atoms with Crippen molar-refractivity contribution in [3.05, 3.63) is 76.3 Å². The van der Waals surface area contributed by atoms with Crippen LogP contribution in [-0.2, 0) is 18.0 Å². The molecule has 9 heteroatoms. The van der Waals surface area contributed by atoms with Crippen LogP contribution in [0.1, 0.15) is 12.6 Å². The van der Waals surface area contributed by atoms with Gasteiger partial charge in [0.05, 0.1) is 10.9 Å². The van der Waals surface area contributed by atoms with E-state index in [1.165, 1.54) is 10.6 Å². The normalized spacial score (nSPS) is 12.2. The third-order valence-electron chi connectivity index (χ3n) is 5.38. The minimum atomic E-state index is -1.24. The van der Waals surface area contributed by atoms with Gasteiger partial charge in [0.1, 0.15) is 22.6 Å². The lowest BCUT2D eigenvalue weighted by Crippen LogP contribution is -2.21. The summed E-state index contributed by atoms with van der Waals surface area (Å²) in [6, 6.07) is 9.99. The Balaban J connectivity index is 1.96. The van der Waals surface area contributed by atoms with Crippen LogP contribution in [0.4, 0.5) is 14.5 Å². The molecule has 0 bridgehead atoms. The summed E-state index contributed by atoms with van der Waals surface area (Å²) in [5.41, 5.74) is 3.11. The van der Waals surface area contributed by atoms with Crippen molar-refractivity contribution in [1.29, 1.82) is 0 Å². The average molecular weight is 472 g/mol. The summed E-state index contributed by atoms with van der Waals surface area (Å²) >= 11 is 0. The molecule has 1 N–H and O–H groups in total. The molecule has 0 saturated heterocycles. The van der Waals surface area contributed by atoms with E-state index < -0.39 is 22.6 Å². The van der Waals surface area contributed by atoms with Crippen LogP contribution in [0.3, 0.4) is 0 Å². The standard InChI is InChI=1S/C24H23F2N3O3S/c1-5-33(31)29(4)16-7-9-21(32-22-8-6-15(25)11-20(22)26)17(12-16)19-13-28(3)24(30)18-10-14(2)27-23(18)19/h6-13,27H,5H2,1-4H3. The van der Waals surface area contributed by atoms with Gasteiger partial charge in [-0.1, -0.05) is 6.92 Å². The minimum Gasteiger partial charge on any atom is -0.454 e. The molecule has 0 aliphatic rings. The number of fused-ring (bicyclic) bond motifs is 1. The van der Waals surface area contributed by atoms with Gasteiger partial charge < -0.3 is 14.3 Å². The summed E-state index contributed by atoms with van der Waals surface area (Å²) in [5.74, 6) is -0.951. The second-order valence-electron chi connectivity index (χ2n) is 7.66. The van der Waals surface area contributed by atoms with Gasteiger partial charge in [0.25, 0.3) is 5.56 Å². The predicted octanol–water partition coefficient (Wildman–Crippen LogP) is 5.03. The molecule has 2 heterocycles. The molecular weight excluding hydrogens is 448 g/mol. The topological polar surface area (TPSA) is 67.3 Å². The van der Waals surface area contributed by atoms with Crippen LogP contribution < -0.4 is 14.6 Å². The number of nitrogens with zero attached hydrogens (tertiary/aromatic N) is 2. The predicted molar refractivity (Wildman–Crippen MR) is 127 cm³/mol. The highest BCUT2D eigenvalue weighted by atomic mass is 32.2. The van der Waals surface area contributed by atoms with Crippen molar-refractivity contribution in [2.45, 2.75) is 13.8 Å². The molecule has 6 nitrogen and oxygen atoms in total. The Morgan fingerprint density at radius 1 is 1.09 bits per heavy atom. The van der Waals surface area contributed by atoms with Crippen LogP contribution in [-0.4, -0.2) is 26.6 Å². The van der Waals surface area contributed by atoms with Crippen molar-refractivity contribution in [2.24, 2.45) is 7.05 Å². The lowest BCUT2D eigenvalue weighted by Gasteiger charge is -2.20. The summed E-state index contributed by atoms with van der Waals surface area (Å²) in [4.78, 5) is 15.9. The highest BCUT2D eigenvalue weighted by Crippen LogP contribution is 2.39. The van der Waals surface area contributed by atoms with Crippen molar-refractivity contribution in [3.63, 3.8) is 0 Å². The number of aromatic amines is 1. The van der Waals surface area contributed by atoms with Crippen LogP contribution in [0.5, 0.6) is 11.5 Å². The lowest BCUT2D eigenvalue weighted by molar-refractivity contribution is 0.439. The Morgan fingerprint density at radius 2 is 1.82 bits per heavy atom. The number of hydrogen-bond acceptors (Lipinski definition) is 3. The van der Waals surface area contributed by atoms with E-state index in [1.54, 1.807) is 48.9 Å². The Bertz CT molecular complexity index is 1450. The molecule has 4 rings (SSSR count). The number of anilines is 1. The smallest absolute Gasteiger partial charge is 0.259 e. The Morgan fingerprint density at radius 3 is 2.52 bits per heavy atom. The lowest BCUT2D eigenvalue weighted by atomic mass is 10.0. The maximum Gasteiger partial charge on any atom is 0.259 e. The highest BCUT2D eigenvalue weighted by Gasteiger charge is 2.19. The fourth-order valence-electron chi connectivity index (χ4n) is 3.68. The fraction of sp³-hybridized carbons (Fsp3) is 0.208. The Kier molecular flexibility index (Phi) is 6.07. The molecule has 0 radical (unpaired) electrons. The summed E-state index contributed by atoms with van der Waals surface area (Å²) in [6.07, 6.45) is 1.67. The molecule has 1 atom stereocenters. The number of ether oxygens (including phenoxy) is 1. The monoisotopic (exact) mass is 471 g/mol. The largest absolute Gasteiger partial charge is 0.454 e. The van der Waals surface area contributed by atoms with Gasteiger partial charge in [-0.2, -0.15) is 0 Å². The third kappa shape index (κ3) is 4.28. The van der Waals surface area contributed by atoms with Crippen LogP contribution in [0.25, 0.3) is 22.0 Å². The first-order valence-electron chi connectivity index (χ1n) is 10.3. The summed E-state index contributed by atoms with van der Waals surface area (Å²) in [7, 11) is 2.12. The molecule has 4 aromatic rings. The van der Waals surface area contributed by atoms with Gasteiger partial charge in [-0.25, -0.2) is 13.0 Å². The summed E-state index contributed by atoms with van der Waals surface area (Å²) in [6.45, 7) is 3.67. The quantitative estimate of drug-likeness (QED) is 0.429. The minimum absolute atomic E-state index is 0.139. The molecular formula is C24H23F2N3O3S. The zero-order chi connectivity index (χ0) is 23.9. The first-order valence-corrected chi connectivity index (χ1v) is 11.6. The molecule has 172 valence electrons. The number of rotatable bonds is 6. The molecule has 2 aromatic carbocycles. The SMILES string of the molecule is CCS(=O)N(C)c1ccc(Oc2ccc(F)cc2F)c(-c2cn(C)c(=O)c3cc(C)[nH]c23)c1. The molecule has 0 saturated carbocycles. The average Bonchev–Trinajstić information content (AvgIpc) is 3.19. The fourth-order valence-corrected chi connectivity index (χ4v) is 4.42. The van der Waals surface area contributed by atoms with Gasteiger partial charge in [0.2, 0.25) is 0 Å². The maximum atomic E-state index is 14.3. The molecule has 0 spiro atoms. The van der Waals surface area contributed by atoms with Crippen molar-refractivity contribution < 1.29 is 17.7 Å². The molecule has 0 fully saturated rings. The van der Waals surface area contributed by atoms with Gasteiger partial charge in [-0.3, -0.25) is 9.10 Å². The van der Waals surface area contributed by atoms with Gasteiger partial charge >= 0.3 is 0 Å².